The molecule has 1 fully saturated rings. The average Bonchev–Trinajstić information content (AvgIpc) is 3.12. The van der Waals surface area contributed by atoms with Gasteiger partial charge in [0.1, 0.15) is 4.83 Å². The van der Waals surface area contributed by atoms with E-state index >= 15 is 0 Å². The molecule has 0 aromatic carbocycles. The van der Waals surface area contributed by atoms with Crippen molar-refractivity contribution in [3.63, 3.8) is 0 Å². The summed E-state index contributed by atoms with van der Waals surface area (Å²) >= 11 is 3.06. The van der Waals surface area contributed by atoms with Gasteiger partial charge in [-0.25, -0.2) is 4.98 Å². The van der Waals surface area contributed by atoms with Crippen molar-refractivity contribution in [2.45, 2.75) is 76.0 Å². The second kappa shape index (κ2) is 9.04. The van der Waals surface area contributed by atoms with Gasteiger partial charge in [0.15, 0.2) is 5.16 Å². The molecule has 0 saturated carbocycles. The van der Waals surface area contributed by atoms with Crippen molar-refractivity contribution < 1.29 is 4.79 Å². The zero-order chi connectivity index (χ0) is 20.4. The third kappa shape index (κ3) is 4.04. The maximum absolute atomic E-state index is 13.3. The summed E-state index contributed by atoms with van der Waals surface area (Å²) in [6.07, 6.45) is 10.5. The lowest BCUT2D eigenvalue weighted by molar-refractivity contribution is -0.132. The van der Waals surface area contributed by atoms with Crippen LogP contribution in [-0.2, 0) is 24.2 Å². The van der Waals surface area contributed by atoms with Crippen LogP contribution >= 0.6 is 23.1 Å². The zero-order valence-electron chi connectivity index (χ0n) is 17.1. The van der Waals surface area contributed by atoms with E-state index < -0.39 is 0 Å². The first-order valence-corrected chi connectivity index (χ1v) is 12.5. The van der Waals surface area contributed by atoms with Crippen LogP contribution in [0.15, 0.2) is 22.6 Å². The highest BCUT2D eigenvalue weighted by Gasteiger charge is 2.26. The van der Waals surface area contributed by atoms with Gasteiger partial charge in [-0.2, -0.15) is 0 Å². The van der Waals surface area contributed by atoms with Crippen molar-refractivity contribution in [3.05, 3.63) is 33.4 Å². The third-order valence-electron chi connectivity index (χ3n) is 6.09. The monoisotopic (exact) mass is 431 g/mol. The van der Waals surface area contributed by atoms with Crippen LogP contribution < -0.4 is 5.56 Å². The first-order chi connectivity index (χ1) is 14.1. The molecule has 29 heavy (non-hydrogen) atoms. The molecule has 5 nitrogen and oxygen atoms in total. The fraction of sp³-hybridized carbons (Fsp3) is 0.591. The molecular formula is C22H29N3O2S2. The summed E-state index contributed by atoms with van der Waals surface area (Å²) in [6.45, 7) is 7.24. The number of carbonyl (C=O) groups excluding carboxylic acids is 1. The van der Waals surface area contributed by atoms with Crippen molar-refractivity contribution in [1.82, 2.24) is 14.5 Å². The molecule has 1 unspecified atom stereocenters. The Morgan fingerprint density at radius 3 is 2.93 bits per heavy atom. The predicted octanol–water partition coefficient (Wildman–Crippen LogP) is 4.41. The fourth-order valence-corrected chi connectivity index (χ4v) is 6.78. The number of carbonyl (C=O) groups is 1. The zero-order valence-corrected chi connectivity index (χ0v) is 18.7. The van der Waals surface area contributed by atoms with E-state index in [4.69, 9.17) is 4.98 Å². The molecular weight excluding hydrogens is 402 g/mol. The molecule has 2 aliphatic rings. The molecule has 2 aromatic heterocycles. The van der Waals surface area contributed by atoms with Crippen LogP contribution in [-0.4, -0.2) is 38.7 Å². The number of thiophene rings is 1. The van der Waals surface area contributed by atoms with Crippen LogP contribution in [0.4, 0.5) is 0 Å². The maximum atomic E-state index is 13.3. The Labute approximate surface area is 180 Å². The standard InChI is InChI=1S/C22H29N3O2S2/c1-3-12-25-21(27)19-16-10-5-6-11-17(16)29-20(19)23-22(25)28-14-18(26)24-13-8-7-9-15(24)4-2/h3,15H,1,4-14H2,2H3. The van der Waals surface area contributed by atoms with Gasteiger partial charge in [-0.15, -0.1) is 17.9 Å². The third-order valence-corrected chi connectivity index (χ3v) is 8.24. The number of likely N-dealkylation sites (tertiary alicyclic amines) is 1. The van der Waals surface area contributed by atoms with Crippen molar-refractivity contribution >= 4 is 39.2 Å². The van der Waals surface area contributed by atoms with Gasteiger partial charge in [0, 0.05) is 24.0 Å². The fourth-order valence-electron chi connectivity index (χ4n) is 4.58. The molecule has 4 rings (SSSR count). The molecule has 1 aliphatic carbocycles. The summed E-state index contributed by atoms with van der Waals surface area (Å²) in [5.74, 6) is 0.489. The van der Waals surface area contributed by atoms with Crippen LogP contribution in [0.5, 0.6) is 0 Å². The maximum Gasteiger partial charge on any atom is 0.263 e. The van der Waals surface area contributed by atoms with Crippen LogP contribution in [0.3, 0.4) is 0 Å². The molecule has 156 valence electrons. The average molecular weight is 432 g/mol. The number of piperidine rings is 1. The second-order valence-electron chi connectivity index (χ2n) is 7.92. The molecule has 0 N–H and O–H groups in total. The Bertz CT molecular complexity index is 979. The first kappa shape index (κ1) is 20.7. The number of hydrogen-bond acceptors (Lipinski definition) is 5. The lowest BCUT2D eigenvalue weighted by Crippen LogP contribution is -2.44. The van der Waals surface area contributed by atoms with Gasteiger partial charge in [0.2, 0.25) is 5.91 Å². The van der Waals surface area contributed by atoms with Crippen molar-refractivity contribution in [2.24, 2.45) is 0 Å². The summed E-state index contributed by atoms with van der Waals surface area (Å²) in [6, 6.07) is 0.353. The number of hydrogen-bond donors (Lipinski definition) is 0. The highest BCUT2D eigenvalue weighted by atomic mass is 32.2. The number of amides is 1. The van der Waals surface area contributed by atoms with E-state index in [0.29, 0.717) is 23.5 Å². The van der Waals surface area contributed by atoms with Crippen LogP contribution in [0.2, 0.25) is 0 Å². The molecule has 1 amide bonds. The van der Waals surface area contributed by atoms with E-state index in [1.807, 2.05) is 4.90 Å². The molecule has 2 aromatic rings. The smallest absolute Gasteiger partial charge is 0.263 e. The first-order valence-electron chi connectivity index (χ1n) is 10.7. The second-order valence-corrected chi connectivity index (χ2v) is 9.95. The van der Waals surface area contributed by atoms with Gasteiger partial charge in [0.25, 0.3) is 5.56 Å². The van der Waals surface area contributed by atoms with E-state index in [0.717, 1.165) is 55.3 Å². The summed E-state index contributed by atoms with van der Waals surface area (Å²) in [5.41, 5.74) is 1.23. The number of allylic oxidation sites excluding steroid dienone is 1. The molecule has 0 radical (unpaired) electrons. The lowest BCUT2D eigenvalue weighted by Gasteiger charge is -2.35. The van der Waals surface area contributed by atoms with Crippen molar-refractivity contribution in [3.8, 4) is 0 Å². The highest BCUT2D eigenvalue weighted by molar-refractivity contribution is 7.99. The number of fused-ring (bicyclic) bond motifs is 3. The molecule has 0 bridgehead atoms. The molecule has 1 aliphatic heterocycles. The van der Waals surface area contributed by atoms with Gasteiger partial charge < -0.3 is 4.90 Å². The minimum Gasteiger partial charge on any atom is -0.339 e. The van der Waals surface area contributed by atoms with E-state index in [2.05, 4.69) is 13.5 Å². The minimum atomic E-state index is 0.0219. The Morgan fingerprint density at radius 2 is 2.14 bits per heavy atom. The molecule has 1 saturated heterocycles. The van der Waals surface area contributed by atoms with Crippen molar-refractivity contribution in [1.29, 1.82) is 0 Å². The van der Waals surface area contributed by atoms with Gasteiger partial charge in [-0.3, -0.25) is 14.2 Å². The largest absolute Gasteiger partial charge is 0.339 e. The Morgan fingerprint density at radius 1 is 1.31 bits per heavy atom. The number of rotatable bonds is 6. The number of thioether (sulfide) groups is 1. The van der Waals surface area contributed by atoms with Crippen LogP contribution in [0, 0.1) is 0 Å². The van der Waals surface area contributed by atoms with E-state index in [-0.39, 0.29) is 11.5 Å². The molecule has 3 heterocycles. The summed E-state index contributed by atoms with van der Waals surface area (Å²) < 4.78 is 1.70. The quantitative estimate of drug-likeness (QED) is 0.386. The topological polar surface area (TPSA) is 55.2 Å². The normalized spacial score (nSPS) is 19.3. The number of aryl methyl sites for hydroxylation is 2. The Kier molecular flexibility index (Phi) is 6.44. The van der Waals surface area contributed by atoms with Crippen LogP contribution in [0.25, 0.3) is 10.2 Å². The predicted molar refractivity (Wildman–Crippen MR) is 121 cm³/mol. The minimum absolute atomic E-state index is 0.0219. The van der Waals surface area contributed by atoms with E-state index in [9.17, 15) is 9.59 Å². The lowest BCUT2D eigenvalue weighted by atomic mass is 9.97. The Balaban J connectivity index is 1.62. The van der Waals surface area contributed by atoms with E-state index in [1.165, 1.54) is 35.0 Å². The molecule has 7 heteroatoms. The van der Waals surface area contributed by atoms with Gasteiger partial charge in [-0.05, 0) is 56.9 Å². The summed E-state index contributed by atoms with van der Waals surface area (Å²) in [5, 5.41) is 1.43. The van der Waals surface area contributed by atoms with E-state index in [1.54, 1.807) is 22.0 Å². The molecule has 1 atom stereocenters. The van der Waals surface area contributed by atoms with Gasteiger partial charge in [-0.1, -0.05) is 24.8 Å². The SMILES string of the molecule is C=CCn1c(SCC(=O)N2CCCCC2CC)nc2sc3c(c2c1=O)CCCC3. The summed E-state index contributed by atoms with van der Waals surface area (Å²) in [7, 11) is 0. The number of nitrogens with zero attached hydrogens (tertiary/aromatic N) is 3. The van der Waals surface area contributed by atoms with Gasteiger partial charge >= 0.3 is 0 Å². The number of aromatic nitrogens is 2. The Hall–Kier alpha value is -1.60. The summed E-state index contributed by atoms with van der Waals surface area (Å²) in [4.78, 5) is 35.2. The van der Waals surface area contributed by atoms with Crippen molar-refractivity contribution in [2.75, 3.05) is 12.3 Å². The van der Waals surface area contributed by atoms with Crippen LogP contribution in [0.1, 0.15) is 55.9 Å². The highest BCUT2D eigenvalue weighted by Crippen LogP contribution is 2.34. The van der Waals surface area contributed by atoms with Gasteiger partial charge in [0.05, 0.1) is 11.1 Å². The molecule has 0 spiro atoms.